The van der Waals surface area contributed by atoms with Crippen molar-refractivity contribution in [1.82, 2.24) is 5.16 Å². The van der Waals surface area contributed by atoms with E-state index in [1.165, 1.54) is 36.4 Å². The van der Waals surface area contributed by atoms with Gasteiger partial charge in [0.05, 0.1) is 22.8 Å². The van der Waals surface area contributed by atoms with E-state index in [0.29, 0.717) is 5.56 Å². The molecule has 0 atom stereocenters. The Labute approximate surface area is 129 Å². The summed E-state index contributed by atoms with van der Waals surface area (Å²) in [5, 5.41) is 13.6. The van der Waals surface area contributed by atoms with E-state index in [9.17, 15) is 13.9 Å². The Morgan fingerprint density at radius 2 is 1.91 bits per heavy atom. The maximum atomic E-state index is 14.0. The maximum absolute atomic E-state index is 14.0. The summed E-state index contributed by atoms with van der Waals surface area (Å²) in [7, 11) is 0. The highest BCUT2D eigenvalue weighted by Crippen LogP contribution is 2.37. The van der Waals surface area contributed by atoms with Crippen LogP contribution in [-0.4, -0.2) is 10.3 Å². The number of hydrogen-bond donors (Lipinski definition) is 1. The standard InChI is InChI=1S/C16H10ClF2NO2/c17-12-5-2-6-13(19)14(12)16-11(8-21)15(20-22-16)9-3-1-4-10(18)7-9/h1-7,21H,8H2. The SMILES string of the molecule is OCc1c(-c2cccc(F)c2)noc1-c1c(F)cccc1Cl. The van der Waals surface area contributed by atoms with Gasteiger partial charge in [-0.25, -0.2) is 8.78 Å². The Hall–Kier alpha value is -2.24. The number of benzene rings is 2. The molecule has 0 amide bonds. The quantitative estimate of drug-likeness (QED) is 0.776. The zero-order valence-corrected chi connectivity index (χ0v) is 11.9. The largest absolute Gasteiger partial charge is 0.391 e. The van der Waals surface area contributed by atoms with Gasteiger partial charge in [0.1, 0.15) is 17.3 Å². The van der Waals surface area contributed by atoms with Gasteiger partial charge in [-0.15, -0.1) is 0 Å². The second kappa shape index (κ2) is 5.87. The molecular weight excluding hydrogens is 312 g/mol. The van der Waals surface area contributed by atoms with Crippen molar-refractivity contribution in [2.45, 2.75) is 6.61 Å². The minimum atomic E-state index is -0.593. The summed E-state index contributed by atoms with van der Waals surface area (Å²) in [6.07, 6.45) is 0. The minimum absolute atomic E-state index is 0.0170. The number of nitrogens with zero attached hydrogens (tertiary/aromatic N) is 1. The Balaban J connectivity index is 2.20. The van der Waals surface area contributed by atoms with Crippen LogP contribution < -0.4 is 0 Å². The monoisotopic (exact) mass is 321 g/mol. The molecule has 0 unspecified atom stereocenters. The number of aromatic nitrogens is 1. The molecule has 6 heteroatoms. The molecule has 0 saturated heterocycles. The summed E-state index contributed by atoms with van der Waals surface area (Å²) in [4.78, 5) is 0. The maximum Gasteiger partial charge on any atom is 0.177 e. The number of aliphatic hydroxyl groups excluding tert-OH is 1. The van der Waals surface area contributed by atoms with Gasteiger partial charge in [-0.3, -0.25) is 0 Å². The van der Waals surface area contributed by atoms with E-state index in [2.05, 4.69) is 5.16 Å². The van der Waals surface area contributed by atoms with Crippen LogP contribution >= 0.6 is 11.6 Å². The molecule has 0 saturated carbocycles. The topological polar surface area (TPSA) is 46.3 Å². The number of hydrogen-bond acceptors (Lipinski definition) is 3. The Morgan fingerprint density at radius 1 is 1.14 bits per heavy atom. The lowest BCUT2D eigenvalue weighted by Gasteiger charge is -2.04. The van der Waals surface area contributed by atoms with Crippen LogP contribution in [0.2, 0.25) is 5.02 Å². The van der Waals surface area contributed by atoms with Crippen molar-refractivity contribution in [3.8, 4) is 22.6 Å². The van der Waals surface area contributed by atoms with Crippen molar-refractivity contribution in [3.05, 3.63) is 64.7 Å². The number of aliphatic hydroxyl groups is 1. The lowest BCUT2D eigenvalue weighted by molar-refractivity contribution is 0.281. The molecule has 0 fully saturated rings. The highest BCUT2D eigenvalue weighted by molar-refractivity contribution is 6.33. The third-order valence-corrected chi connectivity index (χ3v) is 3.55. The van der Waals surface area contributed by atoms with Gasteiger partial charge in [0.25, 0.3) is 0 Å². The smallest absolute Gasteiger partial charge is 0.177 e. The molecule has 1 N–H and O–H groups in total. The van der Waals surface area contributed by atoms with Crippen LogP contribution in [0, 0.1) is 11.6 Å². The van der Waals surface area contributed by atoms with Gasteiger partial charge < -0.3 is 9.63 Å². The molecule has 1 heterocycles. The summed E-state index contributed by atoms with van der Waals surface area (Å²) in [6.45, 7) is -0.449. The zero-order valence-electron chi connectivity index (χ0n) is 11.2. The summed E-state index contributed by atoms with van der Waals surface area (Å²) < 4.78 is 32.5. The fourth-order valence-corrected chi connectivity index (χ4v) is 2.48. The second-order valence-electron chi connectivity index (χ2n) is 4.60. The number of rotatable bonds is 3. The van der Waals surface area contributed by atoms with Crippen molar-refractivity contribution in [2.24, 2.45) is 0 Å². The zero-order chi connectivity index (χ0) is 15.7. The predicted octanol–water partition coefficient (Wildman–Crippen LogP) is 4.43. The lowest BCUT2D eigenvalue weighted by atomic mass is 10.0. The van der Waals surface area contributed by atoms with E-state index in [4.69, 9.17) is 16.1 Å². The van der Waals surface area contributed by atoms with Gasteiger partial charge in [-0.1, -0.05) is 35.0 Å². The minimum Gasteiger partial charge on any atom is -0.391 e. The molecule has 0 bridgehead atoms. The number of halogens is 3. The first-order valence-electron chi connectivity index (χ1n) is 6.41. The van der Waals surface area contributed by atoms with Gasteiger partial charge in [0.15, 0.2) is 5.76 Å². The van der Waals surface area contributed by atoms with Crippen LogP contribution in [-0.2, 0) is 6.61 Å². The predicted molar refractivity (Wildman–Crippen MR) is 78.2 cm³/mol. The van der Waals surface area contributed by atoms with Crippen molar-refractivity contribution >= 4 is 11.6 Å². The molecule has 22 heavy (non-hydrogen) atoms. The van der Waals surface area contributed by atoms with Gasteiger partial charge in [-0.05, 0) is 24.3 Å². The second-order valence-corrected chi connectivity index (χ2v) is 5.01. The van der Waals surface area contributed by atoms with Crippen LogP contribution in [0.1, 0.15) is 5.56 Å². The molecule has 0 aliphatic heterocycles. The fraction of sp³-hybridized carbons (Fsp3) is 0.0625. The molecule has 0 spiro atoms. The van der Waals surface area contributed by atoms with E-state index in [1.807, 2.05) is 0 Å². The van der Waals surface area contributed by atoms with Crippen LogP contribution in [0.25, 0.3) is 22.6 Å². The first kappa shape index (κ1) is 14.7. The van der Waals surface area contributed by atoms with Crippen molar-refractivity contribution in [3.63, 3.8) is 0 Å². The first-order valence-corrected chi connectivity index (χ1v) is 6.79. The molecule has 3 rings (SSSR count). The normalized spacial score (nSPS) is 10.9. The van der Waals surface area contributed by atoms with Gasteiger partial charge in [0, 0.05) is 5.56 Å². The average Bonchev–Trinajstić information content (AvgIpc) is 2.90. The summed E-state index contributed by atoms with van der Waals surface area (Å²) in [6, 6.07) is 9.87. The molecule has 3 nitrogen and oxygen atoms in total. The molecule has 0 radical (unpaired) electrons. The van der Waals surface area contributed by atoms with Crippen molar-refractivity contribution in [2.75, 3.05) is 0 Å². The highest BCUT2D eigenvalue weighted by Gasteiger charge is 2.23. The van der Waals surface area contributed by atoms with Crippen LogP contribution in [0.5, 0.6) is 0 Å². The van der Waals surface area contributed by atoms with E-state index in [1.54, 1.807) is 6.07 Å². The summed E-state index contributed by atoms with van der Waals surface area (Å²) >= 11 is 6.00. The van der Waals surface area contributed by atoms with E-state index in [0.717, 1.165) is 0 Å². The van der Waals surface area contributed by atoms with Crippen LogP contribution in [0.3, 0.4) is 0 Å². The van der Waals surface area contributed by atoms with Crippen LogP contribution in [0.15, 0.2) is 47.0 Å². The van der Waals surface area contributed by atoms with E-state index in [-0.39, 0.29) is 27.6 Å². The third-order valence-electron chi connectivity index (χ3n) is 3.23. The van der Waals surface area contributed by atoms with E-state index >= 15 is 0 Å². The third kappa shape index (κ3) is 2.49. The highest BCUT2D eigenvalue weighted by atomic mass is 35.5. The average molecular weight is 322 g/mol. The van der Waals surface area contributed by atoms with Crippen LogP contribution in [0.4, 0.5) is 8.78 Å². The molecule has 0 aliphatic carbocycles. The molecular formula is C16H10ClF2NO2. The molecule has 3 aromatic rings. The Kier molecular flexibility index (Phi) is 3.92. The Bertz CT molecular complexity index is 813. The molecule has 1 aromatic heterocycles. The van der Waals surface area contributed by atoms with Crippen molar-refractivity contribution in [1.29, 1.82) is 0 Å². The Morgan fingerprint density at radius 3 is 2.59 bits per heavy atom. The lowest BCUT2D eigenvalue weighted by Crippen LogP contribution is -1.92. The molecule has 0 aliphatic rings. The summed E-state index contributed by atoms with van der Waals surface area (Å²) in [5.41, 5.74) is 0.934. The van der Waals surface area contributed by atoms with E-state index < -0.39 is 18.2 Å². The fourth-order valence-electron chi connectivity index (χ4n) is 2.23. The molecule has 112 valence electrons. The first-order chi connectivity index (χ1) is 10.6. The van der Waals surface area contributed by atoms with Gasteiger partial charge in [-0.2, -0.15) is 0 Å². The van der Waals surface area contributed by atoms with Gasteiger partial charge in [0.2, 0.25) is 0 Å². The summed E-state index contributed by atoms with van der Waals surface area (Å²) in [5.74, 6) is -1.01. The van der Waals surface area contributed by atoms with Gasteiger partial charge >= 0.3 is 0 Å². The van der Waals surface area contributed by atoms with Crippen molar-refractivity contribution < 1.29 is 18.4 Å². The molecule has 2 aromatic carbocycles.